The Morgan fingerprint density at radius 1 is 0.897 bits per heavy atom. The van der Waals surface area contributed by atoms with E-state index in [4.69, 9.17) is 0 Å². The van der Waals surface area contributed by atoms with E-state index in [1.54, 1.807) is 16.4 Å². The molecule has 1 fully saturated rings. The van der Waals surface area contributed by atoms with Crippen molar-refractivity contribution in [1.82, 2.24) is 4.31 Å². The number of sulfonamides is 1. The van der Waals surface area contributed by atoms with Gasteiger partial charge in [-0.15, -0.1) is 0 Å². The predicted molar refractivity (Wildman–Crippen MR) is 114 cm³/mol. The fourth-order valence-corrected chi connectivity index (χ4v) is 5.73. The second-order valence-electron chi connectivity index (χ2n) is 7.99. The van der Waals surface area contributed by atoms with Crippen molar-refractivity contribution in [3.8, 4) is 0 Å². The van der Waals surface area contributed by atoms with Gasteiger partial charge in [0.2, 0.25) is 15.9 Å². The summed E-state index contributed by atoms with van der Waals surface area (Å²) in [5, 5.41) is 2.98. The first kappa shape index (κ1) is 20.1. The molecule has 0 unspecified atom stereocenters. The summed E-state index contributed by atoms with van der Waals surface area (Å²) in [7, 11) is -3.40. The highest BCUT2D eigenvalue weighted by Crippen LogP contribution is 2.25. The number of carbonyl (C=O) groups is 1. The summed E-state index contributed by atoms with van der Waals surface area (Å²) >= 11 is 0. The lowest BCUT2D eigenvalue weighted by Gasteiger charge is -2.25. The van der Waals surface area contributed by atoms with E-state index in [9.17, 15) is 13.2 Å². The van der Waals surface area contributed by atoms with Crippen molar-refractivity contribution < 1.29 is 13.2 Å². The minimum absolute atomic E-state index is 0.0204. The summed E-state index contributed by atoms with van der Waals surface area (Å²) < 4.78 is 27.0. The number of hydrogen-bond acceptors (Lipinski definition) is 3. The van der Waals surface area contributed by atoms with Gasteiger partial charge in [-0.1, -0.05) is 24.6 Å². The van der Waals surface area contributed by atoms with Crippen LogP contribution in [0.2, 0.25) is 0 Å². The third-order valence-electron chi connectivity index (χ3n) is 5.90. The number of benzene rings is 2. The number of anilines is 1. The number of nitrogens with zero attached hydrogens (tertiary/aromatic N) is 1. The molecule has 2 aliphatic rings. The number of amides is 1. The third-order valence-corrected chi connectivity index (χ3v) is 7.81. The molecule has 2 aromatic rings. The SMILES string of the molecule is O=C(CCc1ccc(S(=O)(=O)N2CCCCC2)cc1)Nc1ccc2c(c1)CCC2. The van der Waals surface area contributed by atoms with E-state index < -0.39 is 10.0 Å². The molecule has 5 nitrogen and oxygen atoms in total. The summed E-state index contributed by atoms with van der Waals surface area (Å²) in [5.41, 5.74) is 4.56. The Morgan fingerprint density at radius 2 is 1.62 bits per heavy atom. The zero-order valence-corrected chi connectivity index (χ0v) is 17.5. The fourth-order valence-electron chi connectivity index (χ4n) is 4.21. The highest BCUT2D eigenvalue weighted by Gasteiger charge is 2.25. The molecule has 1 N–H and O–H groups in total. The topological polar surface area (TPSA) is 66.5 Å². The summed E-state index contributed by atoms with van der Waals surface area (Å²) in [6, 6.07) is 13.1. The molecule has 0 atom stereocenters. The molecule has 0 saturated carbocycles. The number of nitrogens with one attached hydrogen (secondary N) is 1. The van der Waals surface area contributed by atoms with E-state index in [1.807, 2.05) is 18.2 Å². The van der Waals surface area contributed by atoms with Gasteiger partial charge in [-0.3, -0.25) is 4.79 Å². The van der Waals surface area contributed by atoms with E-state index in [0.717, 1.165) is 43.4 Å². The second-order valence-corrected chi connectivity index (χ2v) is 9.93. The fraction of sp³-hybridized carbons (Fsp3) is 0.435. The third kappa shape index (κ3) is 4.70. The highest BCUT2D eigenvalue weighted by molar-refractivity contribution is 7.89. The summed E-state index contributed by atoms with van der Waals surface area (Å²) in [6.45, 7) is 1.21. The predicted octanol–water partition coefficient (Wildman–Crippen LogP) is 3.92. The highest BCUT2D eigenvalue weighted by atomic mass is 32.2. The van der Waals surface area contributed by atoms with Gasteiger partial charge >= 0.3 is 0 Å². The first-order chi connectivity index (χ1) is 14.0. The van der Waals surface area contributed by atoms with Crippen LogP contribution < -0.4 is 5.32 Å². The Balaban J connectivity index is 1.32. The summed E-state index contributed by atoms with van der Waals surface area (Å²) in [4.78, 5) is 12.6. The minimum Gasteiger partial charge on any atom is -0.326 e. The van der Waals surface area contributed by atoms with Crippen LogP contribution >= 0.6 is 0 Å². The van der Waals surface area contributed by atoms with Crippen LogP contribution in [0.4, 0.5) is 5.69 Å². The first-order valence-electron chi connectivity index (χ1n) is 10.5. The molecule has 2 aromatic carbocycles. The lowest BCUT2D eigenvalue weighted by molar-refractivity contribution is -0.116. The van der Waals surface area contributed by atoms with Gasteiger partial charge in [-0.2, -0.15) is 4.31 Å². The van der Waals surface area contributed by atoms with E-state index >= 15 is 0 Å². The Kier molecular flexibility index (Phi) is 6.01. The molecule has 154 valence electrons. The van der Waals surface area contributed by atoms with Crippen LogP contribution in [-0.2, 0) is 34.1 Å². The zero-order valence-electron chi connectivity index (χ0n) is 16.7. The van der Waals surface area contributed by atoms with Crippen molar-refractivity contribution in [2.45, 2.75) is 56.3 Å². The van der Waals surface area contributed by atoms with Gasteiger partial charge in [0, 0.05) is 25.2 Å². The van der Waals surface area contributed by atoms with E-state index in [2.05, 4.69) is 17.4 Å². The molecule has 1 saturated heterocycles. The molecular weight excluding hydrogens is 384 g/mol. The normalized spacial score (nSPS) is 17.1. The summed E-state index contributed by atoms with van der Waals surface area (Å²) in [6.07, 6.45) is 7.32. The molecule has 0 bridgehead atoms. The van der Waals surface area contributed by atoms with Gasteiger partial charge in [0.1, 0.15) is 0 Å². The van der Waals surface area contributed by atoms with Crippen molar-refractivity contribution in [1.29, 1.82) is 0 Å². The molecule has 1 aliphatic heterocycles. The molecule has 0 radical (unpaired) electrons. The first-order valence-corrected chi connectivity index (χ1v) is 12.0. The zero-order chi connectivity index (χ0) is 20.3. The molecule has 1 amide bonds. The van der Waals surface area contributed by atoms with Crippen molar-refractivity contribution in [2.24, 2.45) is 0 Å². The van der Waals surface area contributed by atoms with Crippen LogP contribution in [0.3, 0.4) is 0 Å². The average molecular weight is 413 g/mol. The van der Waals surface area contributed by atoms with Crippen molar-refractivity contribution in [3.63, 3.8) is 0 Å². The van der Waals surface area contributed by atoms with Gasteiger partial charge in [0.25, 0.3) is 0 Å². The van der Waals surface area contributed by atoms with Gasteiger partial charge in [-0.05, 0) is 79.5 Å². The van der Waals surface area contributed by atoms with Crippen LogP contribution in [0.25, 0.3) is 0 Å². The maximum atomic E-state index is 12.7. The summed E-state index contributed by atoms with van der Waals surface area (Å²) in [5.74, 6) is -0.0204. The van der Waals surface area contributed by atoms with E-state index in [0.29, 0.717) is 30.8 Å². The number of piperidine rings is 1. The van der Waals surface area contributed by atoms with Crippen molar-refractivity contribution in [2.75, 3.05) is 18.4 Å². The van der Waals surface area contributed by atoms with Crippen LogP contribution in [0, 0.1) is 0 Å². The molecule has 4 rings (SSSR count). The molecule has 0 spiro atoms. The molecule has 29 heavy (non-hydrogen) atoms. The standard InChI is InChI=1S/C23H28N2O3S/c26-23(24-21-11-10-19-5-4-6-20(19)17-21)14-9-18-7-12-22(13-8-18)29(27,28)25-15-2-1-3-16-25/h7-8,10-13,17H,1-6,9,14-16H2,(H,24,26). The Bertz CT molecular complexity index is 978. The molecule has 0 aromatic heterocycles. The maximum absolute atomic E-state index is 12.7. The van der Waals surface area contributed by atoms with Crippen LogP contribution in [-0.4, -0.2) is 31.7 Å². The molecule has 6 heteroatoms. The van der Waals surface area contributed by atoms with Gasteiger partial charge < -0.3 is 5.32 Å². The lowest BCUT2D eigenvalue weighted by atomic mass is 10.1. The number of carbonyl (C=O) groups excluding carboxylic acids is 1. The van der Waals surface area contributed by atoms with E-state index in [-0.39, 0.29) is 5.91 Å². The monoisotopic (exact) mass is 412 g/mol. The number of hydrogen-bond donors (Lipinski definition) is 1. The number of aryl methyl sites for hydroxylation is 3. The lowest BCUT2D eigenvalue weighted by Crippen LogP contribution is -2.35. The van der Waals surface area contributed by atoms with Crippen LogP contribution in [0.5, 0.6) is 0 Å². The molecular formula is C23H28N2O3S. The quantitative estimate of drug-likeness (QED) is 0.782. The number of fused-ring (bicyclic) bond motifs is 1. The maximum Gasteiger partial charge on any atom is 0.243 e. The second kappa shape index (κ2) is 8.67. The molecule has 1 aliphatic carbocycles. The van der Waals surface area contributed by atoms with Crippen LogP contribution in [0.1, 0.15) is 48.8 Å². The Labute approximate surface area is 173 Å². The largest absolute Gasteiger partial charge is 0.326 e. The van der Waals surface area contributed by atoms with Gasteiger partial charge in [0.15, 0.2) is 0 Å². The van der Waals surface area contributed by atoms with Crippen molar-refractivity contribution >= 4 is 21.6 Å². The minimum atomic E-state index is -3.40. The smallest absolute Gasteiger partial charge is 0.243 e. The number of rotatable bonds is 6. The molecule has 1 heterocycles. The van der Waals surface area contributed by atoms with E-state index in [1.165, 1.54) is 17.5 Å². The Morgan fingerprint density at radius 3 is 2.38 bits per heavy atom. The van der Waals surface area contributed by atoms with Crippen LogP contribution in [0.15, 0.2) is 47.4 Å². The van der Waals surface area contributed by atoms with Crippen molar-refractivity contribution in [3.05, 3.63) is 59.2 Å². The average Bonchev–Trinajstić information content (AvgIpc) is 3.21. The van der Waals surface area contributed by atoms with Gasteiger partial charge in [0.05, 0.1) is 4.90 Å². The van der Waals surface area contributed by atoms with Gasteiger partial charge in [-0.25, -0.2) is 8.42 Å². The Hall–Kier alpha value is -2.18.